The molecule has 2 heterocycles. The maximum Gasteiger partial charge on any atom is 0.336 e. The van der Waals surface area contributed by atoms with Crippen molar-refractivity contribution in [3.05, 3.63) is 113 Å². The van der Waals surface area contributed by atoms with Gasteiger partial charge in [-0.1, -0.05) is 78.9 Å². The second-order valence-electron chi connectivity index (χ2n) is 11.0. The molecule has 0 aromatic heterocycles. The van der Waals surface area contributed by atoms with Crippen molar-refractivity contribution in [1.82, 2.24) is 4.90 Å². The van der Waals surface area contributed by atoms with Gasteiger partial charge in [-0.2, -0.15) is 0 Å². The zero-order valence-corrected chi connectivity index (χ0v) is 25.0. The Kier molecular flexibility index (Phi) is 9.26. The lowest BCUT2D eigenvalue weighted by Crippen LogP contribution is -2.44. The molecule has 0 radical (unpaired) electrons. The summed E-state index contributed by atoms with van der Waals surface area (Å²) in [7, 11) is 2.84. The Bertz CT molecular complexity index is 1450. The summed E-state index contributed by atoms with van der Waals surface area (Å²) < 4.78 is 16.5. The van der Waals surface area contributed by atoms with Crippen LogP contribution in [0.5, 0.6) is 5.75 Å². The maximum atomic E-state index is 13.7. The predicted octanol–water partition coefficient (Wildman–Crippen LogP) is 4.84. The highest BCUT2D eigenvalue weighted by molar-refractivity contribution is 6.06. The number of benzene rings is 3. The Hall–Kier alpha value is -4.43. The number of piperidine rings is 1. The van der Waals surface area contributed by atoms with Crippen molar-refractivity contribution < 1.29 is 23.8 Å². The van der Waals surface area contributed by atoms with E-state index in [0.29, 0.717) is 23.6 Å². The van der Waals surface area contributed by atoms with Crippen LogP contribution >= 0.6 is 0 Å². The zero-order chi connectivity index (χ0) is 30.4. The number of nitrogens with zero attached hydrogens (tertiary/aromatic N) is 2. The third-order valence-corrected chi connectivity index (χ3v) is 8.80. The number of likely N-dealkylation sites (tertiary alicyclic amines) is 1. The van der Waals surface area contributed by atoms with Gasteiger partial charge < -0.3 is 19.9 Å². The second kappa shape index (κ2) is 13.3. The van der Waals surface area contributed by atoms with Gasteiger partial charge in [-0.3, -0.25) is 9.69 Å². The first-order valence-corrected chi connectivity index (χ1v) is 14.7. The Morgan fingerprint density at radius 3 is 2.07 bits per heavy atom. The first kappa shape index (κ1) is 30.0. The number of methoxy groups -OCH3 is 2. The smallest absolute Gasteiger partial charge is 0.336 e. The molecule has 5 rings (SSSR count). The number of nitrogens with two attached hydrogens (primary N) is 1. The minimum absolute atomic E-state index is 0.0531. The molecule has 2 N–H and O–H groups in total. The van der Waals surface area contributed by atoms with Crippen molar-refractivity contribution >= 4 is 17.8 Å². The molecule has 2 atom stereocenters. The lowest BCUT2D eigenvalue weighted by atomic mass is 9.68. The zero-order valence-electron chi connectivity index (χ0n) is 25.0. The van der Waals surface area contributed by atoms with E-state index in [-0.39, 0.29) is 23.4 Å². The van der Waals surface area contributed by atoms with E-state index in [9.17, 15) is 9.59 Å². The number of carbonyl (C=O) groups is 2. The van der Waals surface area contributed by atoms with E-state index in [1.54, 1.807) is 20.1 Å². The number of esters is 2. The summed E-state index contributed by atoms with van der Waals surface area (Å²) in [6.07, 6.45) is 1.92. The summed E-state index contributed by atoms with van der Waals surface area (Å²) in [4.78, 5) is 33.3. The monoisotopic (exact) mass is 581 g/mol. The third-order valence-electron chi connectivity index (χ3n) is 8.80. The minimum atomic E-state index is -0.987. The molecule has 8 heteroatoms. The van der Waals surface area contributed by atoms with Crippen LogP contribution in [0.25, 0.3) is 0 Å². The molecule has 1 fully saturated rings. The average Bonchev–Trinajstić information content (AvgIpc) is 3.05. The minimum Gasteiger partial charge on any atom is -0.496 e. The number of aliphatic imine (C=N–C) groups is 1. The molecule has 3 aromatic carbocycles. The molecule has 3 aromatic rings. The molecule has 43 heavy (non-hydrogen) atoms. The first-order valence-electron chi connectivity index (χ1n) is 14.7. The van der Waals surface area contributed by atoms with Gasteiger partial charge in [0.05, 0.1) is 25.5 Å². The molecule has 2 aliphatic heterocycles. The predicted molar refractivity (Wildman–Crippen MR) is 166 cm³/mol. The number of para-hydroxylation sites is 1. The summed E-state index contributed by atoms with van der Waals surface area (Å²) in [6, 6.07) is 28.7. The maximum absolute atomic E-state index is 13.7. The van der Waals surface area contributed by atoms with Crippen LogP contribution in [0.2, 0.25) is 0 Å². The lowest BCUT2D eigenvalue weighted by Gasteiger charge is -2.43. The highest BCUT2D eigenvalue weighted by Crippen LogP contribution is 2.43. The van der Waals surface area contributed by atoms with Gasteiger partial charge in [-0.25, -0.2) is 9.79 Å². The van der Waals surface area contributed by atoms with Crippen LogP contribution in [-0.2, 0) is 24.5 Å². The first-order chi connectivity index (χ1) is 20.9. The SMILES string of the molecule is COC(=O)C1C(N)=NC(C)=C(C(=O)OCCN2CCC(c3ccccc3)(c3ccccc3)CC2)C1c1ccccc1OC. The van der Waals surface area contributed by atoms with E-state index >= 15 is 0 Å². The van der Waals surface area contributed by atoms with Crippen LogP contribution in [-0.4, -0.2) is 63.1 Å². The van der Waals surface area contributed by atoms with Crippen LogP contribution in [0.3, 0.4) is 0 Å². The van der Waals surface area contributed by atoms with Crippen LogP contribution in [0.1, 0.15) is 42.4 Å². The fourth-order valence-electron chi connectivity index (χ4n) is 6.56. The van der Waals surface area contributed by atoms with Crippen LogP contribution < -0.4 is 10.5 Å². The van der Waals surface area contributed by atoms with Gasteiger partial charge >= 0.3 is 11.9 Å². The summed E-state index contributed by atoms with van der Waals surface area (Å²) in [5.74, 6) is -2.24. The van der Waals surface area contributed by atoms with E-state index in [1.807, 2.05) is 18.2 Å². The molecular weight excluding hydrogens is 542 g/mol. The summed E-state index contributed by atoms with van der Waals surface area (Å²) in [5, 5.41) is 0. The van der Waals surface area contributed by atoms with Gasteiger partial charge in [0, 0.05) is 23.4 Å². The Labute approximate surface area is 253 Å². The quantitative estimate of drug-likeness (QED) is 0.361. The topological polar surface area (TPSA) is 103 Å². The summed E-state index contributed by atoms with van der Waals surface area (Å²) >= 11 is 0. The molecule has 224 valence electrons. The second-order valence-corrected chi connectivity index (χ2v) is 11.0. The van der Waals surface area contributed by atoms with Crippen LogP contribution in [0, 0.1) is 5.92 Å². The standard InChI is InChI=1S/C35H39N3O5/c1-24-29(30(27-16-10-11-17-28(27)41-2)31(32(36)37-24)33(39)42-3)34(40)43-23-22-38-20-18-35(19-21-38,25-12-6-4-7-13-25)26-14-8-5-9-15-26/h4-17,30-31H,18-23H2,1-3H3,(H2,36,37). The molecule has 0 aliphatic carbocycles. The van der Waals surface area contributed by atoms with Gasteiger partial charge in [-0.05, 0) is 50.0 Å². The average molecular weight is 582 g/mol. The van der Waals surface area contributed by atoms with Gasteiger partial charge in [-0.15, -0.1) is 0 Å². The fourth-order valence-corrected chi connectivity index (χ4v) is 6.56. The molecule has 0 bridgehead atoms. The number of carbonyl (C=O) groups excluding carboxylic acids is 2. The molecule has 2 aliphatic rings. The Morgan fingerprint density at radius 2 is 1.49 bits per heavy atom. The van der Waals surface area contributed by atoms with Crippen molar-refractivity contribution in [1.29, 1.82) is 0 Å². The van der Waals surface area contributed by atoms with Crippen molar-refractivity contribution in [2.24, 2.45) is 16.6 Å². The van der Waals surface area contributed by atoms with Crippen LogP contribution in [0.15, 0.2) is 101 Å². The molecule has 0 amide bonds. The van der Waals surface area contributed by atoms with Gasteiger partial charge in [0.1, 0.15) is 24.1 Å². The number of rotatable bonds is 9. The normalized spacial score (nSPS) is 20.2. The Balaban J connectivity index is 1.30. The highest BCUT2D eigenvalue weighted by Gasteiger charge is 2.44. The molecular formula is C35H39N3O5. The van der Waals surface area contributed by atoms with E-state index in [4.69, 9.17) is 19.9 Å². The third kappa shape index (κ3) is 6.06. The molecule has 2 unspecified atom stereocenters. The van der Waals surface area contributed by atoms with Gasteiger partial charge in [0.2, 0.25) is 0 Å². The number of hydrogen-bond acceptors (Lipinski definition) is 8. The molecule has 0 saturated carbocycles. The van der Waals surface area contributed by atoms with Crippen molar-refractivity contribution in [2.75, 3.05) is 40.5 Å². The van der Waals surface area contributed by atoms with Crippen molar-refractivity contribution in [3.8, 4) is 5.75 Å². The molecule has 1 saturated heterocycles. The van der Waals surface area contributed by atoms with E-state index in [2.05, 4.69) is 70.6 Å². The number of allylic oxidation sites excluding steroid dienone is 1. The fraction of sp³-hybridized carbons (Fsp3) is 0.343. The largest absolute Gasteiger partial charge is 0.496 e. The molecule has 8 nitrogen and oxygen atoms in total. The summed E-state index contributed by atoms with van der Waals surface area (Å²) in [6.45, 7) is 4.26. The molecule has 0 spiro atoms. The van der Waals surface area contributed by atoms with Gasteiger partial charge in [0.15, 0.2) is 0 Å². The van der Waals surface area contributed by atoms with E-state index in [1.165, 1.54) is 18.2 Å². The lowest BCUT2D eigenvalue weighted by molar-refractivity contribution is -0.144. The number of ether oxygens (including phenoxy) is 3. The van der Waals surface area contributed by atoms with E-state index < -0.39 is 23.8 Å². The van der Waals surface area contributed by atoms with Gasteiger partial charge in [0.25, 0.3) is 0 Å². The number of hydrogen-bond donors (Lipinski definition) is 1. The van der Waals surface area contributed by atoms with E-state index in [0.717, 1.165) is 25.9 Å². The van der Waals surface area contributed by atoms with Crippen LogP contribution in [0.4, 0.5) is 0 Å². The Morgan fingerprint density at radius 1 is 0.907 bits per heavy atom. The van der Waals surface area contributed by atoms with Crippen molar-refractivity contribution in [3.63, 3.8) is 0 Å². The van der Waals surface area contributed by atoms with Crippen molar-refractivity contribution in [2.45, 2.75) is 31.1 Å². The number of amidine groups is 1. The summed E-state index contributed by atoms with van der Waals surface area (Å²) in [5.41, 5.74) is 10.2. The highest BCUT2D eigenvalue weighted by atomic mass is 16.5.